The summed E-state index contributed by atoms with van der Waals surface area (Å²) < 4.78 is 5.62. The van der Waals surface area contributed by atoms with Crippen LogP contribution in [0.1, 0.15) is 45.6 Å². The molecule has 0 radical (unpaired) electrons. The number of likely N-dealkylation sites (tertiary alicyclic amines) is 1. The first kappa shape index (κ1) is 18.2. The highest BCUT2D eigenvalue weighted by Crippen LogP contribution is 2.29. The zero-order chi connectivity index (χ0) is 16.9. The molecular weight excluding hydrogens is 306 g/mol. The summed E-state index contributed by atoms with van der Waals surface area (Å²) in [7, 11) is 1.66. The predicted molar refractivity (Wildman–Crippen MR) is 98.3 cm³/mol. The molecule has 128 valence electrons. The van der Waals surface area contributed by atoms with E-state index in [9.17, 15) is 4.79 Å². The number of para-hydroxylation sites is 1. The van der Waals surface area contributed by atoms with Crippen LogP contribution in [0.5, 0.6) is 5.75 Å². The second kappa shape index (κ2) is 8.09. The maximum absolute atomic E-state index is 12.8. The molecule has 1 fully saturated rings. The van der Waals surface area contributed by atoms with E-state index >= 15 is 0 Å². The van der Waals surface area contributed by atoms with E-state index in [4.69, 9.17) is 4.74 Å². The quantitative estimate of drug-likeness (QED) is 0.809. The van der Waals surface area contributed by atoms with E-state index in [1.165, 1.54) is 6.42 Å². The van der Waals surface area contributed by atoms with E-state index in [1.54, 1.807) is 7.11 Å². The van der Waals surface area contributed by atoms with Gasteiger partial charge in [-0.3, -0.25) is 4.79 Å². The van der Waals surface area contributed by atoms with Crippen LogP contribution in [0.3, 0.4) is 0 Å². The second-order valence-corrected chi connectivity index (χ2v) is 9.00. The summed E-state index contributed by atoms with van der Waals surface area (Å²) in [5.74, 6) is 2.06. The maximum Gasteiger partial charge on any atom is 0.227 e. The summed E-state index contributed by atoms with van der Waals surface area (Å²) in [4.78, 5) is 14.9. The van der Waals surface area contributed by atoms with E-state index in [0.717, 1.165) is 36.5 Å². The van der Waals surface area contributed by atoms with Gasteiger partial charge in [0.25, 0.3) is 0 Å². The van der Waals surface area contributed by atoms with Crippen LogP contribution in [-0.4, -0.2) is 41.0 Å². The Balaban J connectivity index is 2.03. The van der Waals surface area contributed by atoms with Gasteiger partial charge in [0.2, 0.25) is 5.91 Å². The van der Waals surface area contributed by atoms with Gasteiger partial charge in [-0.05, 0) is 25.3 Å². The zero-order valence-corrected chi connectivity index (χ0v) is 15.6. The molecule has 1 heterocycles. The van der Waals surface area contributed by atoms with Crippen molar-refractivity contribution < 1.29 is 9.53 Å². The standard InChI is InChI=1S/C19H29NO2S/c1-19(2,3)23-14-16-10-7-8-12-20(16)18(21)13-15-9-5-6-11-17(15)22-4/h5-6,9,11,16H,7-8,10,12-14H2,1-4H3/t16-/m0/s1. The first-order valence-electron chi connectivity index (χ1n) is 8.46. The van der Waals surface area contributed by atoms with Gasteiger partial charge < -0.3 is 9.64 Å². The Morgan fingerprint density at radius 1 is 1.30 bits per heavy atom. The van der Waals surface area contributed by atoms with Crippen LogP contribution >= 0.6 is 11.8 Å². The molecule has 23 heavy (non-hydrogen) atoms. The molecule has 0 spiro atoms. The number of ether oxygens (including phenoxy) is 1. The first-order valence-corrected chi connectivity index (χ1v) is 9.44. The van der Waals surface area contributed by atoms with Crippen molar-refractivity contribution in [3.8, 4) is 5.75 Å². The van der Waals surface area contributed by atoms with Crippen LogP contribution in [0, 0.1) is 0 Å². The third kappa shape index (κ3) is 5.45. The maximum atomic E-state index is 12.8. The van der Waals surface area contributed by atoms with Crippen molar-refractivity contribution >= 4 is 17.7 Å². The molecule has 0 saturated carbocycles. The molecule has 1 atom stereocenters. The zero-order valence-electron chi connectivity index (χ0n) is 14.8. The van der Waals surface area contributed by atoms with Gasteiger partial charge >= 0.3 is 0 Å². The number of hydrogen-bond donors (Lipinski definition) is 0. The van der Waals surface area contributed by atoms with Crippen molar-refractivity contribution in [3.63, 3.8) is 0 Å². The van der Waals surface area contributed by atoms with Crippen molar-refractivity contribution in [2.45, 2.75) is 57.2 Å². The number of piperidine rings is 1. The highest BCUT2D eigenvalue weighted by molar-refractivity contribution is 8.00. The van der Waals surface area contributed by atoms with Gasteiger partial charge in [0.05, 0.1) is 13.5 Å². The van der Waals surface area contributed by atoms with E-state index in [1.807, 2.05) is 36.0 Å². The van der Waals surface area contributed by atoms with Crippen molar-refractivity contribution in [1.29, 1.82) is 0 Å². The van der Waals surface area contributed by atoms with Crippen molar-refractivity contribution in [2.24, 2.45) is 0 Å². The second-order valence-electron chi connectivity index (χ2n) is 7.15. The number of carbonyl (C=O) groups excluding carboxylic acids is 1. The highest BCUT2D eigenvalue weighted by Gasteiger charge is 2.28. The smallest absolute Gasteiger partial charge is 0.227 e. The number of rotatable bonds is 5. The van der Waals surface area contributed by atoms with E-state index in [-0.39, 0.29) is 10.7 Å². The van der Waals surface area contributed by atoms with E-state index in [2.05, 4.69) is 25.7 Å². The van der Waals surface area contributed by atoms with Crippen molar-refractivity contribution in [2.75, 3.05) is 19.4 Å². The van der Waals surface area contributed by atoms with E-state index < -0.39 is 0 Å². The monoisotopic (exact) mass is 335 g/mol. The van der Waals surface area contributed by atoms with Crippen LogP contribution in [0.15, 0.2) is 24.3 Å². The molecule has 1 aromatic rings. The Kier molecular flexibility index (Phi) is 6.40. The summed E-state index contributed by atoms with van der Waals surface area (Å²) >= 11 is 1.96. The molecule has 0 N–H and O–H groups in total. The lowest BCUT2D eigenvalue weighted by Crippen LogP contribution is -2.46. The molecule has 0 bridgehead atoms. The van der Waals surface area contributed by atoms with Gasteiger partial charge in [-0.15, -0.1) is 0 Å². The summed E-state index contributed by atoms with van der Waals surface area (Å²) in [6.07, 6.45) is 3.91. The minimum absolute atomic E-state index is 0.230. The fraction of sp³-hybridized carbons (Fsp3) is 0.632. The molecule has 3 nitrogen and oxygen atoms in total. The van der Waals surface area contributed by atoms with Crippen LogP contribution in [0.25, 0.3) is 0 Å². The van der Waals surface area contributed by atoms with Gasteiger partial charge in [-0.25, -0.2) is 0 Å². The SMILES string of the molecule is COc1ccccc1CC(=O)N1CCCC[C@H]1CSC(C)(C)C. The molecule has 2 rings (SSSR count). The molecule has 1 aliphatic rings. The average Bonchev–Trinajstić information content (AvgIpc) is 2.53. The Morgan fingerprint density at radius 3 is 2.74 bits per heavy atom. The van der Waals surface area contributed by atoms with Crippen LogP contribution in [0.4, 0.5) is 0 Å². The third-order valence-corrected chi connectivity index (χ3v) is 5.61. The first-order chi connectivity index (χ1) is 10.9. The summed E-state index contributed by atoms with van der Waals surface area (Å²) in [6.45, 7) is 7.60. The Morgan fingerprint density at radius 2 is 2.04 bits per heavy atom. The van der Waals surface area contributed by atoms with Crippen LogP contribution < -0.4 is 4.74 Å². The molecule has 4 heteroatoms. The highest BCUT2D eigenvalue weighted by atomic mass is 32.2. The lowest BCUT2D eigenvalue weighted by molar-refractivity contribution is -0.133. The summed E-state index contributed by atoms with van der Waals surface area (Å²) in [5, 5.41) is 0. The van der Waals surface area contributed by atoms with Crippen LogP contribution in [-0.2, 0) is 11.2 Å². The Labute approximate surface area is 144 Å². The largest absolute Gasteiger partial charge is 0.496 e. The fourth-order valence-electron chi connectivity index (χ4n) is 2.96. The molecule has 0 aromatic heterocycles. The van der Waals surface area contributed by atoms with Crippen molar-refractivity contribution in [1.82, 2.24) is 4.90 Å². The Hall–Kier alpha value is -1.16. The molecular formula is C19H29NO2S. The van der Waals surface area contributed by atoms with Crippen molar-refractivity contribution in [3.05, 3.63) is 29.8 Å². The van der Waals surface area contributed by atoms with E-state index in [0.29, 0.717) is 12.5 Å². The molecule has 0 aliphatic carbocycles. The number of hydrogen-bond acceptors (Lipinski definition) is 3. The average molecular weight is 336 g/mol. The number of carbonyl (C=O) groups is 1. The lowest BCUT2D eigenvalue weighted by atomic mass is 10.0. The number of thioether (sulfide) groups is 1. The third-order valence-electron chi connectivity index (χ3n) is 4.19. The normalized spacial score (nSPS) is 18.8. The minimum Gasteiger partial charge on any atom is -0.496 e. The Bertz CT molecular complexity index is 524. The van der Waals surface area contributed by atoms with Crippen LogP contribution in [0.2, 0.25) is 0 Å². The van der Waals surface area contributed by atoms with Gasteiger partial charge in [0.15, 0.2) is 0 Å². The summed E-state index contributed by atoms with van der Waals surface area (Å²) in [6, 6.07) is 8.19. The topological polar surface area (TPSA) is 29.5 Å². The number of nitrogens with zero attached hydrogens (tertiary/aromatic N) is 1. The molecule has 1 aliphatic heterocycles. The molecule has 1 saturated heterocycles. The minimum atomic E-state index is 0.230. The van der Waals surface area contributed by atoms with Gasteiger partial charge in [0.1, 0.15) is 5.75 Å². The molecule has 1 aromatic carbocycles. The van der Waals surface area contributed by atoms with Gasteiger partial charge in [-0.1, -0.05) is 39.0 Å². The number of methoxy groups -OCH3 is 1. The molecule has 0 unspecified atom stereocenters. The van der Waals surface area contributed by atoms with Gasteiger partial charge in [0, 0.05) is 28.6 Å². The number of benzene rings is 1. The molecule has 1 amide bonds. The summed E-state index contributed by atoms with van der Waals surface area (Å²) in [5.41, 5.74) is 0.979. The fourth-order valence-corrected chi connectivity index (χ4v) is 4.00. The number of amides is 1. The lowest BCUT2D eigenvalue weighted by Gasteiger charge is -2.37. The van der Waals surface area contributed by atoms with Gasteiger partial charge in [-0.2, -0.15) is 11.8 Å². The predicted octanol–water partition coefficient (Wildman–Crippen LogP) is 4.15.